The van der Waals surface area contributed by atoms with Gasteiger partial charge < -0.3 is 10.1 Å². The molecule has 2 aromatic carbocycles. The molecule has 5 heteroatoms. The molecule has 0 bridgehead atoms. The van der Waals surface area contributed by atoms with E-state index in [1.807, 2.05) is 55.5 Å². The number of nitrogens with zero attached hydrogens (tertiary/aromatic N) is 1. The van der Waals surface area contributed by atoms with Crippen LogP contribution in [0.3, 0.4) is 0 Å². The first-order valence-corrected chi connectivity index (χ1v) is 7.24. The van der Waals surface area contributed by atoms with Crippen LogP contribution in [0.1, 0.15) is 16.1 Å². The molecule has 0 saturated carbocycles. The van der Waals surface area contributed by atoms with Crippen LogP contribution in [0.15, 0.2) is 54.6 Å². The lowest BCUT2D eigenvalue weighted by Gasteiger charge is -2.04. The van der Waals surface area contributed by atoms with Gasteiger partial charge >= 0.3 is 0 Å². The lowest BCUT2D eigenvalue weighted by molar-refractivity contribution is 0.102. The highest BCUT2D eigenvalue weighted by atomic mass is 16.5. The number of carbonyl (C=O) groups excluding carboxylic acids is 1. The Kier molecular flexibility index (Phi) is 4.10. The number of aromatic nitrogens is 2. The second kappa shape index (κ2) is 6.36. The maximum Gasteiger partial charge on any atom is 0.273 e. The maximum atomic E-state index is 12.3. The average Bonchev–Trinajstić information content (AvgIpc) is 3.07. The Morgan fingerprint density at radius 3 is 2.61 bits per heavy atom. The molecule has 3 aromatic rings. The van der Waals surface area contributed by atoms with E-state index in [2.05, 4.69) is 15.5 Å². The summed E-state index contributed by atoms with van der Waals surface area (Å²) in [6.07, 6.45) is 0. The Hall–Kier alpha value is -3.08. The summed E-state index contributed by atoms with van der Waals surface area (Å²) in [6, 6.07) is 16.9. The van der Waals surface area contributed by atoms with Gasteiger partial charge in [-0.25, -0.2) is 0 Å². The molecule has 5 nitrogen and oxygen atoms in total. The quantitative estimate of drug-likeness (QED) is 0.773. The van der Waals surface area contributed by atoms with E-state index >= 15 is 0 Å². The molecular weight excluding hydrogens is 290 g/mol. The zero-order chi connectivity index (χ0) is 16.2. The third-order valence-electron chi connectivity index (χ3n) is 3.51. The number of aromatic amines is 1. The number of carbonyl (C=O) groups is 1. The van der Waals surface area contributed by atoms with Crippen molar-refractivity contribution in [3.05, 3.63) is 65.9 Å². The molecule has 1 aromatic heterocycles. The molecule has 3 rings (SSSR count). The summed E-state index contributed by atoms with van der Waals surface area (Å²) < 4.78 is 5.32. The summed E-state index contributed by atoms with van der Waals surface area (Å²) >= 11 is 0. The van der Waals surface area contributed by atoms with Crippen LogP contribution in [0.25, 0.3) is 11.3 Å². The van der Waals surface area contributed by atoms with E-state index in [0.717, 1.165) is 16.8 Å². The van der Waals surface area contributed by atoms with E-state index in [0.29, 0.717) is 17.1 Å². The van der Waals surface area contributed by atoms with Crippen LogP contribution in [0, 0.1) is 6.92 Å². The third kappa shape index (κ3) is 3.23. The highest BCUT2D eigenvalue weighted by Crippen LogP contribution is 2.28. The van der Waals surface area contributed by atoms with Crippen molar-refractivity contribution in [3.63, 3.8) is 0 Å². The van der Waals surface area contributed by atoms with Gasteiger partial charge in [-0.3, -0.25) is 9.89 Å². The summed E-state index contributed by atoms with van der Waals surface area (Å²) in [5.41, 5.74) is 3.78. The van der Waals surface area contributed by atoms with Gasteiger partial charge in [0.15, 0.2) is 0 Å². The smallest absolute Gasteiger partial charge is 0.273 e. The monoisotopic (exact) mass is 307 g/mol. The van der Waals surface area contributed by atoms with E-state index in [1.54, 1.807) is 13.2 Å². The number of anilines is 1. The standard InChI is InChI=1S/C18H17N3O2/c1-12-7-9-13(10-8-12)19-18(22)16-11-15(20-21-16)14-5-3-4-6-17(14)23-2/h3-11H,1-2H3,(H,19,22)(H,20,21). The summed E-state index contributed by atoms with van der Waals surface area (Å²) in [5, 5.41) is 9.81. The molecule has 116 valence electrons. The van der Waals surface area contributed by atoms with Crippen molar-refractivity contribution in [1.29, 1.82) is 0 Å². The number of amides is 1. The molecular formula is C18H17N3O2. The van der Waals surface area contributed by atoms with Crippen LogP contribution in [0.5, 0.6) is 5.75 Å². The van der Waals surface area contributed by atoms with Gasteiger partial charge in [-0.2, -0.15) is 5.10 Å². The van der Waals surface area contributed by atoms with Crippen LogP contribution in [-0.4, -0.2) is 23.2 Å². The van der Waals surface area contributed by atoms with E-state index in [-0.39, 0.29) is 5.91 Å². The maximum absolute atomic E-state index is 12.3. The Bertz CT molecular complexity index is 822. The molecule has 2 N–H and O–H groups in total. The molecule has 0 saturated heterocycles. The highest BCUT2D eigenvalue weighted by molar-refractivity contribution is 6.03. The number of aryl methyl sites for hydroxylation is 1. The minimum atomic E-state index is -0.234. The zero-order valence-corrected chi connectivity index (χ0v) is 13.0. The number of benzene rings is 2. The van der Waals surface area contributed by atoms with Crippen molar-refractivity contribution in [1.82, 2.24) is 10.2 Å². The molecule has 0 spiro atoms. The molecule has 0 aliphatic carbocycles. The number of H-pyrrole nitrogens is 1. The van der Waals surface area contributed by atoms with Crippen molar-refractivity contribution < 1.29 is 9.53 Å². The fourth-order valence-corrected chi connectivity index (χ4v) is 2.27. The molecule has 0 atom stereocenters. The van der Waals surface area contributed by atoms with Crippen LogP contribution in [0.4, 0.5) is 5.69 Å². The van der Waals surface area contributed by atoms with Gasteiger partial charge in [0, 0.05) is 11.3 Å². The normalized spacial score (nSPS) is 10.3. The van der Waals surface area contributed by atoms with Gasteiger partial charge in [-0.05, 0) is 37.3 Å². The first-order valence-electron chi connectivity index (χ1n) is 7.24. The van der Waals surface area contributed by atoms with Crippen LogP contribution in [-0.2, 0) is 0 Å². The Balaban J connectivity index is 1.81. The van der Waals surface area contributed by atoms with Gasteiger partial charge in [-0.1, -0.05) is 29.8 Å². The van der Waals surface area contributed by atoms with E-state index in [1.165, 1.54) is 0 Å². The Labute approximate surface area is 134 Å². The van der Waals surface area contributed by atoms with Crippen LogP contribution in [0.2, 0.25) is 0 Å². The summed E-state index contributed by atoms with van der Waals surface area (Å²) in [6.45, 7) is 2.00. The lowest BCUT2D eigenvalue weighted by atomic mass is 10.1. The molecule has 1 amide bonds. The molecule has 0 radical (unpaired) electrons. The van der Waals surface area contributed by atoms with Gasteiger partial charge in [0.05, 0.1) is 12.8 Å². The largest absolute Gasteiger partial charge is 0.496 e. The molecule has 0 fully saturated rings. The predicted octanol–water partition coefficient (Wildman–Crippen LogP) is 3.65. The number of methoxy groups -OCH3 is 1. The summed E-state index contributed by atoms with van der Waals surface area (Å²) in [7, 11) is 1.61. The molecule has 0 aliphatic rings. The zero-order valence-electron chi connectivity index (χ0n) is 13.0. The third-order valence-corrected chi connectivity index (χ3v) is 3.51. The van der Waals surface area contributed by atoms with Crippen LogP contribution < -0.4 is 10.1 Å². The number of hydrogen-bond donors (Lipinski definition) is 2. The number of rotatable bonds is 4. The highest BCUT2D eigenvalue weighted by Gasteiger charge is 2.13. The van der Waals surface area contributed by atoms with Gasteiger partial charge in [-0.15, -0.1) is 0 Å². The van der Waals surface area contributed by atoms with Gasteiger partial charge in [0.25, 0.3) is 5.91 Å². The Morgan fingerprint density at radius 2 is 1.87 bits per heavy atom. The number of para-hydroxylation sites is 1. The Morgan fingerprint density at radius 1 is 1.13 bits per heavy atom. The first kappa shape index (κ1) is 14.8. The summed E-state index contributed by atoms with van der Waals surface area (Å²) in [5.74, 6) is 0.479. The van der Waals surface area contributed by atoms with Crippen molar-refractivity contribution in [2.75, 3.05) is 12.4 Å². The predicted molar refractivity (Wildman–Crippen MR) is 89.7 cm³/mol. The van der Waals surface area contributed by atoms with E-state index in [4.69, 9.17) is 4.74 Å². The van der Waals surface area contributed by atoms with Crippen LogP contribution >= 0.6 is 0 Å². The number of nitrogens with one attached hydrogen (secondary N) is 2. The minimum Gasteiger partial charge on any atom is -0.496 e. The molecule has 0 aliphatic heterocycles. The lowest BCUT2D eigenvalue weighted by Crippen LogP contribution is -2.12. The summed E-state index contributed by atoms with van der Waals surface area (Å²) in [4.78, 5) is 12.3. The second-order valence-corrected chi connectivity index (χ2v) is 5.19. The number of hydrogen-bond acceptors (Lipinski definition) is 3. The van der Waals surface area contributed by atoms with Crippen molar-refractivity contribution >= 4 is 11.6 Å². The first-order chi connectivity index (χ1) is 11.2. The molecule has 23 heavy (non-hydrogen) atoms. The second-order valence-electron chi connectivity index (χ2n) is 5.19. The van der Waals surface area contributed by atoms with E-state index < -0.39 is 0 Å². The van der Waals surface area contributed by atoms with Crippen molar-refractivity contribution in [2.45, 2.75) is 6.92 Å². The molecule has 1 heterocycles. The average molecular weight is 307 g/mol. The van der Waals surface area contributed by atoms with Crippen molar-refractivity contribution in [2.24, 2.45) is 0 Å². The van der Waals surface area contributed by atoms with E-state index in [9.17, 15) is 4.79 Å². The van der Waals surface area contributed by atoms with Crippen molar-refractivity contribution in [3.8, 4) is 17.0 Å². The minimum absolute atomic E-state index is 0.234. The molecule has 0 unspecified atom stereocenters. The topological polar surface area (TPSA) is 67.0 Å². The fraction of sp³-hybridized carbons (Fsp3) is 0.111. The fourth-order valence-electron chi connectivity index (χ4n) is 2.27. The SMILES string of the molecule is COc1ccccc1-c1cc(C(=O)Nc2ccc(C)cc2)[nH]n1. The number of ether oxygens (including phenoxy) is 1. The van der Waals surface area contributed by atoms with Gasteiger partial charge in [0.1, 0.15) is 11.4 Å². The van der Waals surface area contributed by atoms with Gasteiger partial charge in [0.2, 0.25) is 0 Å².